The van der Waals surface area contributed by atoms with Gasteiger partial charge in [-0.05, 0) is 31.9 Å². The largest absolute Gasteiger partial charge is 0.492 e. The van der Waals surface area contributed by atoms with Gasteiger partial charge in [0.2, 0.25) is 0 Å². The van der Waals surface area contributed by atoms with Crippen LogP contribution in [-0.4, -0.2) is 49.8 Å². The van der Waals surface area contributed by atoms with Gasteiger partial charge in [-0.2, -0.15) is 0 Å². The Balaban J connectivity index is 1.50. The van der Waals surface area contributed by atoms with E-state index in [0.29, 0.717) is 12.6 Å². The van der Waals surface area contributed by atoms with Crippen molar-refractivity contribution in [2.75, 3.05) is 37.7 Å². The lowest BCUT2D eigenvalue weighted by molar-refractivity contribution is 0.187. The first-order chi connectivity index (χ1) is 12.8. The summed E-state index contributed by atoms with van der Waals surface area (Å²) in [6.45, 7) is 5.90. The number of ether oxygens (including phenoxy) is 1. The predicted molar refractivity (Wildman–Crippen MR) is 106 cm³/mol. The van der Waals surface area contributed by atoms with Gasteiger partial charge in [0.25, 0.3) is 0 Å². The van der Waals surface area contributed by atoms with E-state index in [1.807, 2.05) is 30.0 Å². The molecule has 0 atom stereocenters. The maximum Gasteiger partial charge on any atom is 0.317 e. The van der Waals surface area contributed by atoms with E-state index in [1.165, 1.54) is 32.1 Å². The maximum absolute atomic E-state index is 12.6. The second-order valence-corrected chi connectivity index (χ2v) is 7.37. The molecular formula is C21H33N3O2. The molecule has 1 saturated heterocycles. The molecule has 1 heterocycles. The van der Waals surface area contributed by atoms with Crippen molar-refractivity contribution in [3.05, 3.63) is 24.3 Å². The first-order valence-corrected chi connectivity index (χ1v) is 10.3. The second-order valence-electron chi connectivity index (χ2n) is 7.37. The number of carbonyl (C=O) groups excluding carboxylic acids is 1. The van der Waals surface area contributed by atoms with Crippen LogP contribution in [0.1, 0.15) is 51.9 Å². The summed E-state index contributed by atoms with van der Waals surface area (Å²) < 4.78 is 5.75. The van der Waals surface area contributed by atoms with Crippen molar-refractivity contribution in [1.82, 2.24) is 10.2 Å². The van der Waals surface area contributed by atoms with E-state index in [2.05, 4.69) is 16.3 Å². The fourth-order valence-corrected chi connectivity index (χ4v) is 4.01. The zero-order valence-corrected chi connectivity index (χ0v) is 16.1. The van der Waals surface area contributed by atoms with Gasteiger partial charge < -0.3 is 19.9 Å². The van der Waals surface area contributed by atoms with E-state index in [4.69, 9.17) is 4.74 Å². The number of urea groups is 1. The number of para-hydroxylation sites is 2. The fraction of sp³-hybridized carbons (Fsp3) is 0.667. The molecule has 5 nitrogen and oxygen atoms in total. The Kier molecular flexibility index (Phi) is 7.04. The smallest absolute Gasteiger partial charge is 0.317 e. The maximum atomic E-state index is 12.6. The van der Waals surface area contributed by atoms with Gasteiger partial charge in [-0.3, -0.25) is 0 Å². The number of amides is 2. The summed E-state index contributed by atoms with van der Waals surface area (Å²) in [5, 5.41) is 3.29. The first-order valence-electron chi connectivity index (χ1n) is 10.3. The number of hydrogen-bond donors (Lipinski definition) is 1. The third-order valence-corrected chi connectivity index (χ3v) is 5.51. The van der Waals surface area contributed by atoms with Gasteiger partial charge in [-0.25, -0.2) is 4.79 Å². The molecule has 1 aliphatic carbocycles. The van der Waals surface area contributed by atoms with Crippen molar-refractivity contribution in [2.45, 2.75) is 57.9 Å². The van der Waals surface area contributed by atoms with E-state index in [-0.39, 0.29) is 6.03 Å². The highest BCUT2D eigenvalue weighted by molar-refractivity contribution is 5.75. The summed E-state index contributed by atoms with van der Waals surface area (Å²) in [7, 11) is 0. The van der Waals surface area contributed by atoms with Crippen LogP contribution in [0.4, 0.5) is 10.5 Å². The SMILES string of the molecule is CCOc1ccccc1N1CCN(C(=O)NC2CCCCCCC2)CC1. The van der Waals surface area contributed by atoms with Crippen LogP contribution in [0.2, 0.25) is 0 Å². The molecule has 2 amide bonds. The lowest BCUT2D eigenvalue weighted by Gasteiger charge is -2.37. The molecule has 2 fully saturated rings. The minimum atomic E-state index is 0.119. The van der Waals surface area contributed by atoms with Gasteiger partial charge in [-0.1, -0.05) is 44.2 Å². The lowest BCUT2D eigenvalue weighted by atomic mass is 9.97. The number of anilines is 1. The van der Waals surface area contributed by atoms with E-state index in [9.17, 15) is 4.79 Å². The number of hydrogen-bond acceptors (Lipinski definition) is 3. The van der Waals surface area contributed by atoms with Crippen molar-refractivity contribution in [1.29, 1.82) is 0 Å². The lowest BCUT2D eigenvalue weighted by Crippen LogP contribution is -2.53. The molecular weight excluding hydrogens is 326 g/mol. The Labute approximate surface area is 157 Å². The van der Waals surface area contributed by atoms with E-state index in [1.54, 1.807) is 0 Å². The van der Waals surface area contributed by atoms with E-state index >= 15 is 0 Å². The summed E-state index contributed by atoms with van der Waals surface area (Å²) in [6, 6.07) is 8.66. The van der Waals surface area contributed by atoms with Crippen LogP contribution < -0.4 is 15.0 Å². The summed E-state index contributed by atoms with van der Waals surface area (Å²) in [4.78, 5) is 16.9. The van der Waals surface area contributed by atoms with Crippen LogP contribution in [0.5, 0.6) is 5.75 Å². The van der Waals surface area contributed by atoms with E-state index in [0.717, 1.165) is 50.5 Å². The highest BCUT2D eigenvalue weighted by atomic mass is 16.5. The van der Waals surface area contributed by atoms with Crippen LogP contribution in [-0.2, 0) is 0 Å². The van der Waals surface area contributed by atoms with Gasteiger partial charge in [-0.15, -0.1) is 0 Å². The van der Waals surface area contributed by atoms with E-state index < -0.39 is 0 Å². The van der Waals surface area contributed by atoms with Gasteiger partial charge in [0.1, 0.15) is 5.75 Å². The quantitative estimate of drug-likeness (QED) is 0.883. The van der Waals surface area contributed by atoms with Gasteiger partial charge in [0.15, 0.2) is 0 Å². The molecule has 1 aliphatic heterocycles. The van der Waals surface area contributed by atoms with Gasteiger partial charge in [0.05, 0.1) is 12.3 Å². The topological polar surface area (TPSA) is 44.8 Å². The van der Waals surface area contributed by atoms with Crippen LogP contribution in [0.3, 0.4) is 0 Å². The highest BCUT2D eigenvalue weighted by Crippen LogP contribution is 2.28. The fourth-order valence-electron chi connectivity index (χ4n) is 4.01. The van der Waals surface area contributed by atoms with Crippen molar-refractivity contribution in [3.63, 3.8) is 0 Å². The Morgan fingerprint density at radius 2 is 1.69 bits per heavy atom. The molecule has 3 rings (SSSR count). The number of nitrogens with one attached hydrogen (secondary N) is 1. The number of rotatable bonds is 4. The molecule has 26 heavy (non-hydrogen) atoms. The predicted octanol–water partition coefficient (Wildman–Crippen LogP) is 4.03. The normalized spacial score (nSPS) is 19.6. The van der Waals surface area contributed by atoms with Crippen LogP contribution in [0.15, 0.2) is 24.3 Å². The molecule has 0 aromatic heterocycles. The average Bonchev–Trinajstić information content (AvgIpc) is 2.65. The molecule has 2 aliphatic rings. The zero-order chi connectivity index (χ0) is 18.2. The number of benzene rings is 1. The summed E-state index contributed by atoms with van der Waals surface area (Å²) in [6.07, 6.45) is 8.72. The Morgan fingerprint density at radius 3 is 2.38 bits per heavy atom. The monoisotopic (exact) mass is 359 g/mol. The molecule has 5 heteroatoms. The molecule has 0 bridgehead atoms. The average molecular weight is 360 g/mol. The molecule has 1 saturated carbocycles. The minimum Gasteiger partial charge on any atom is -0.492 e. The molecule has 0 spiro atoms. The number of nitrogens with zero attached hydrogens (tertiary/aromatic N) is 2. The summed E-state index contributed by atoms with van der Waals surface area (Å²) in [5.41, 5.74) is 1.13. The standard InChI is InChI=1S/C21H33N3O2/c1-2-26-20-13-9-8-12-19(20)23-14-16-24(17-15-23)21(25)22-18-10-6-4-3-5-7-11-18/h8-9,12-13,18H,2-7,10-11,14-17H2,1H3,(H,22,25). The van der Waals surface area contributed by atoms with Crippen molar-refractivity contribution in [2.24, 2.45) is 0 Å². The third-order valence-electron chi connectivity index (χ3n) is 5.51. The molecule has 144 valence electrons. The summed E-state index contributed by atoms with van der Waals surface area (Å²) in [5.74, 6) is 0.933. The highest BCUT2D eigenvalue weighted by Gasteiger charge is 2.24. The zero-order valence-electron chi connectivity index (χ0n) is 16.1. The Morgan fingerprint density at radius 1 is 1.04 bits per heavy atom. The Hall–Kier alpha value is -1.91. The molecule has 1 aromatic carbocycles. The summed E-state index contributed by atoms with van der Waals surface area (Å²) >= 11 is 0. The van der Waals surface area contributed by atoms with Crippen molar-refractivity contribution < 1.29 is 9.53 Å². The van der Waals surface area contributed by atoms with Crippen molar-refractivity contribution in [3.8, 4) is 5.75 Å². The molecule has 0 unspecified atom stereocenters. The number of carbonyl (C=O) groups is 1. The van der Waals surface area contributed by atoms with Gasteiger partial charge >= 0.3 is 6.03 Å². The second kappa shape index (κ2) is 9.70. The first kappa shape index (κ1) is 18.9. The minimum absolute atomic E-state index is 0.119. The van der Waals surface area contributed by atoms with Crippen LogP contribution >= 0.6 is 0 Å². The van der Waals surface area contributed by atoms with Crippen LogP contribution in [0.25, 0.3) is 0 Å². The molecule has 1 N–H and O–H groups in total. The molecule has 1 aromatic rings. The van der Waals surface area contributed by atoms with Crippen molar-refractivity contribution >= 4 is 11.7 Å². The molecule has 0 radical (unpaired) electrons. The van der Waals surface area contributed by atoms with Gasteiger partial charge in [0, 0.05) is 32.2 Å². The van der Waals surface area contributed by atoms with Crippen LogP contribution in [0, 0.1) is 0 Å². The number of piperazine rings is 1. The third kappa shape index (κ3) is 5.05. The Bertz CT molecular complexity index is 562.